The van der Waals surface area contributed by atoms with Gasteiger partial charge in [0.15, 0.2) is 0 Å². The molecule has 1 aromatic heterocycles. The number of aromatic nitrogens is 2. The highest BCUT2D eigenvalue weighted by atomic mass is 35.5. The second-order valence-corrected chi connectivity index (χ2v) is 3.24. The third-order valence-electron chi connectivity index (χ3n) is 1.98. The smallest absolute Gasteiger partial charge is 0.323 e. The standard InChI is InChI=1S/C9H14N4O3.2ClH/c1-13-4-3-11-9(13)12-7(14)5-6(10)8(15)16-2;;/h3-4,6H,5,10H2,1-2H3,(H,11,12,14);2*1H/t6-;;/m0../s1. The van der Waals surface area contributed by atoms with Crippen LogP contribution in [0.3, 0.4) is 0 Å². The third kappa shape index (κ3) is 5.35. The van der Waals surface area contributed by atoms with Crippen LogP contribution in [-0.4, -0.2) is 34.6 Å². The lowest BCUT2D eigenvalue weighted by molar-refractivity contribution is -0.143. The summed E-state index contributed by atoms with van der Waals surface area (Å²) >= 11 is 0. The zero-order valence-corrected chi connectivity index (χ0v) is 11.6. The van der Waals surface area contributed by atoms with Crippen molar-refractivity contribution in [3.63, 3.8) is 0 Å². The first-order chi connectivity index (χ1) is 7.54. The van der Waals surface area contributed by atoms with Gasteiger partial charge < -0.3 is 15.0 Å². The molecular weight excluding hydrogens is 283 g/mol. The Hall–Kier alpha value is -1.31. The molecule has 3 N–H and O–H groups in total. The van der Waals surface area contributed by atoms with Crippen molar-refractivity contribution in [1.82, 2.24) is 9.55 Å². The maximum atomic E-state index is 11.4. The van der Waals surface area contributed by atoms with Crippen LogP contribution in [0.5, 0.6) is 0 Å². The fourth-order valence-corrected chi connectivity index (χ4v) is 1.10. The number of amides is 1. The van der Waals surface area contributed by atoms with Crippen LogP contribution in [0.4, 0.5) is 5.95 Å². The van der Waals surface area contributed by atoms with Crippen LogP contribution < -0.4 is 11.1 Å². The van der Waals surface area contributed by atoms with Gasteiger partial charge in [-0.25, -0.2) is 4.98 Å². The van der Waals surface area contributed by atoms with Crippen molar-refractivity contribution < 1.29 is 14.3 Å². The highest BCUT2D eigenvalue weighted by Gasteiger charge is 2.18. The minimum absolute atomic E-state index is 0. The van der Waals surface area contributed by atoms with E-state index in [0.29, 0.717) is 5.95 Å². The van der Waals surface area contributed by atoms with E-state index in [1.807, 2.05) is 0 Å². The molecule has 0 spiro atoms. The third-order valence-corrected chi connectivity index (χ3v) is 1.98. The van der Waals surface area contributed by atoms with Gasteiger partial charge in [0, 0.05) is 19.4 Å². The van der Waals surface area contributed by atoms with Crippen molar-refractivity contribution in [3.8, 4) is 0 Å². The molecule has 0 bridgehead atoms. The number of nitrogens with one attached hydrogen (secondary N) is 1. The average molecular weight is 299 g/mol. The quantitative estimate of drug-likeness (QED) is 0.768. The van der Waals surface area contributed by atoms with Crippen LogP contribution in [-0.2, 0) is 21.4 Å². The first-order valence-corrected chi connectivity index (χ1v) is 4.65. The summed E-state index contributed by atoms with van der Waals surface area (Å²) in [7, 11) is 2.96. The molecular formula is C9H16Cl2N4O3. The highest BCUT2D eigenvalue weighted by molar-refractivity contribution is 5.93. The Morgan fingerprint density at radius 1 is 1.56 bits per heavy atom. The second kappa shape index (κ2) is 8.73. The van der Waals surface area contributed by atoms with Crippen LogP contribution in [0, 0.1) is 0 Å². The summed E-state index contributed by atoms with van der Waals surface area (Å²) in [4.78, 5) is 26.3. The Morgan fingerprint density at radius 3 is 2.61 bits per heavy atom. The number of methoxy groups -OCH3 is 1. The van der Waals surface area contributed by atoms with E-state index >= 15 is 0 Å². The molecule has 0 aliphatic heterocycles. The molecule has 0 unspecified atom stereocenters. The lowest BCUT2D eigenvalue weighted by Gasteiger charge is -2.09. The van der Waals surface area contributed by atoms with Crippen molar-refractivity contribution in [2.75, 3.05) is 12.4 Å². The van der Waals surface area contributed by atoms with Gasteiger partial charge in [0.25, 0.3) is 0 Å². The number of hydrogen-bond acceptors (Lipinski definition) is 5. The molecule has 7 nitrogen and oxygen atoms in total. The van der Waals surface area contributed by atoms with Crippen molar-refractivity contribution in [2.24, 2.45) is 12.8 Å². The highest BCUT2D eigenvalue weighted by Crippen LogP contribution is 2.02. The molecule has 0 aliphatic carbocycles. The van der Waals surface area contributed by atoms with E-state index in [1.165, 1.54) is 7.11 Å². The summed E-state index contributed by atoms with van der Waals surface area (Å²) < 4.78 is 6.05. The van der Waals surface area contributed by atoms with Crippen molar-refractivity contribution in [1.29, 1.82) is 0 Å². The molecule has 1 rings (SSSR count). The number of carbonyl (C=O) groups excluding carboxylic acids is 2. The summed E-state index contributed by atoms with van der Waals surface area (Å²) in [5.41, 5.74) is 5.43. The van der Waals surface area contributed by atoms with Crippen molar-refractivity contribution in [3.05, 3.63) is 12.4 Å². The largest absolute Gasteiger partial charge is 0.468 e. The number of nitrogens with zero attached hydrogens (tertiary/aromatic N) is 2. The van der Waals surface area contributed by atoms with Crippen LogP contribution in [0.1, 0.15) is 6.42 Å². The van der Waals surface area contributed by atoms with E-state index < -0.39 is 12.0 Å². The zero-order chi connectivity index (χ0) is 12.1. The van der Waals surface area contributed by atoms with E-state index in [2.05, 4.69) is 15.0 Å². The van der Waals surface area contributed by atoms with Gasteiger partial charge in [-0.2, -0.15) is 0 Å². The number of aryl methyl sites for hydroxylation is 1. The maximum Gasteiger partial charge on any atom is 0.323 e. The fraction of sp³-hybridized carbons (Fsp3) is 0.444. The molecule has 0 saturated heterocycles. The van der Waals surface area contributed by atoms with Gasteiger partial charge in [-0.05, 0) is 0 Å². The second-order valence-electron chi connectivity index (χ2n) is 3.24. The fourth-order valence-electron chi connectivity index (χ4n) is 1.10. The number of nitrogens with two attached hydrogens (primary N) is 1. The van der Waals surface area contributed by atoms with Gasteiger partial charge in [-0.15, -0.1) is 24.8 Å². The van der Waals surface area contributed by atoms with E-state index in [1.54, 1.807) is 24.0 Å². The van der Waals surface area contributed by atoms with Crippen LogP contribution >= 0.6 is 24.8 Å². The van der Waals surface area contributed by atoms with Crippen molar-refractivity contribution >= 4 is 42.6 Å². The van der Waals surface area contributed by atoms with Gasteiger partial charge in [0.1, 0.15) is 6.04 Å². The number of carbonyl (C=O) groups is 2. The number of hydrogen-bond donors (Lipinski definition) is 2. The van der Waals surface area contributed by atoms with Crippen LogP contribution in [0.2, 0.25) is 0 Å². The number of imidazole rings is 1. The number of anilines is 1. The van der Waals surface area contributed by atoms with E-state index in [9.17, 15) is 9.59 Å². The van der Waals surface area contributed by atoms with Gasteiger partial charge in [-0.3, -0.25) is 14.9 Å². The Morgan fingerprint density at radius 2 is 2.17 bits per heavy atom. The molecule has 1 atom stereocenters. The monoisotopic (exact) mass is 298 g/mol. The number of ether oxygens (including phenoxy) is 1. The molecule has 1 amide bonds. The molecule has 0 radical (unpaired) electrons. The predicted octanol–water partition coefficient (Wildman–Crippen LogP) is 0.0926. The molecule has 0 fully saturated rings. The SMILES string of the molecule is COC(=O)[C@@H](N)CC(=O)Nc1nccn1C.Cl.Cl. The average Bonchev–Trinajstić information content (AvgIpc) is 2.63. The maximum absolute atomic E-state index is 11.4. The normalized spacial score (nSPS) is 10.6. The molecule has 0 saturated carbocycles. The molecule has 0 aromatic carbocycles. The minimum Gasteiger partial charge on any atom is -0.468 e. The van der Waals surface area contributed by atoms with Crippen molar-refractivity contribution in [2.45, 2.75) is 12.5 Å². The molecule has 1 aromatic rings. The lowest BCUT2D eigenvalue weighted by Crippen LogP contribution is -2.35. The molecule has 0 aliphatic rings. The number of esters is 1. The molecule has 9 heteroatoms. The summed E-state index contributed by atoms with van der Waals surface area (Å²) in [5.74, 6) is -0.593. The zero-order valence-electron chi connectivity index (χ0n) is 9.95. The van der Waals surface area contributed by atoms with Crippen LogP contribution in [0.15, 0.2) is 12.4 Å². The van der Waals surface area contributed by atoms with E-state index in [4.69, 9.17) is 5.73 Å². The Kier molecular flexibility index (Phi) is 9.24. The Labute approximate surface area is 117 Å². The summed E-state index contributed by atoms with van der Waals surface area (Å²) in [6.45, 7) is 0. The molecule has 18 heavy (non-hydrogen) atoms. The Bertz CT molecular complexity index is 397. The minimum atomic E-state index is -0.953. The number of rotatable bonds is 4. The lowest BCUT2D eigenvalue weighted by atomic mass is 10.2. The van der Waals surface area contributed by atoms with Crippen LogP contribution in [0.25, 0.3) is 0 Å². The summed E-state index contributed by atoms with van der Waals surface area (Å²) in [5, 5.41) is 2.53. The predicted molar refractivity (Wildman–Crippen MR) is 70.9 cm³/mol. The van der Waals surface area contributed by atoms with Gasteiger partial charge >= 0.3 is 5.97 Å². The van der Waals surface area contributed by atoms with E-state index in [-0.39, 0.29) is 37.1 Å². The molecule has 104 valence electrons. The van der Waals surface area contributed by atoms with Gasteiger partial charge in [0.2, 0.25) is 11.9 Å². The van der Waals surface area contributed by atoms with E-state index in [0.717, 1.165) is 0 Å². The first-order valence-electron chi connectivity index (χ1n) is 4.65. The molecule has 1 heterocycles. The summed E-state index contributed by atoms with van der Waals surface area (Å²) in [6, 6.07) is -0.953. The van der Waals surface area contributed by atoms with Gasteiger partial charge in [-0.1, -0.05) is 0 Å². The first kappa shape index (κ1) is 19.0. The summed E-state index contributed by atoms with van der Waals surface area (Å²) in [6.07, 6.45) is 3.10. The number of halogens is 2. The Balaban J connectivity index is 0. The van der Waals surface area contributed by atoms with Gasteiger partial charge in [0.05, 0.1) is 13.5 Å². The topological polar surface area (TPSA) is 99.2 Å².